The number of anilines is 1. The molecule has 0 saturated carbocycles. The summed E-state index contributed by atoms with van der Waals surface area (Å²) in [6, 6.07) is 18.2. The Morgan fingerprint density at radius 3 is 2.29 bits per heavy atom. The second-order valence-electron chi connectivity index (χ2n) is 7.09. The van der Waals surface area contributed by atoms with E-state index in [0.717, 1.165) is 11.3 Å². The maximum absolute atomic E-state index is 12.3. The van der Waals surface area contributed by atoms with Gasteiger partial charge in [-0.1, -0.05) is 6.07 Å². The van der Waals surface area contributed by atoms with E-state index in [1.165, 1.54) is 48.7 Å². The standard InChI is InChI=1S/C22H18N4O6S3/c23-34(28,29)19-10-5-15(6-11-19)20-12-9-18(32-20)14-24-25-22(27)16-3-7-17(8-4-16)26-35(30,31)21-2-1-13-33-21/h1-14,26H,(H,25,27)(H2,23,28,29). The highest BCUT2D eigenvalue weighted by molar-refractivity contribution is 7.94. The van der Waals surface area contributed by atoms with Gasteiger partial charge in [-0.05, 0) is 72.1 Å². The van der Waals surface area contributed by atoms with Crippen molar-refractivity contribution in [2.45, 2.75) is 9.10 Å². The average molecular weight is 531 g/mol. The summed E-state index contributed by atoms with van der Waals surface area (Å²) >= 11 is 1.10. The van der Waals surface area contributed by atoms with Crippen LogP contribution in [-0.2, 0) is 20.0 Å². The third kappa shape index (κ3) is 6.02. The minimum absolute atomic E-state index is 0.00903. The van der Waals surface area contributed by atoms with Crippen molar-refractivity contribution in [2.24, 2.45) is 10.2 Å². The van der Waals surface area contributed by atoms with Crippen LogP contribution in [0.15, 0.2) is 96.8 Å². The number of nitrogens with two attached hydrogens (primary N) is 1. The first-order valence-corrected chi connectivity index (χ1v) is 13.8. The first-order valence-electron chi connectivity index (χ1n) is 9.85. The highest BCUT2D eigenvalue weighted by Gasteiger charge is 2.15. The van der Waals surface area contributed by atoms with Crippen LogP contribution in [0, 0.1) is 0 Å². The van der Waals surface area contributed by atoms with Gasteiger partial charge in [0.25, 0.3) is 15.9 Å². The molecule has 0 spiro atoms. The Kier molecular flexibility index (Phi) is 6.84. The first-order chi connectivity index (χ1) is 16.6. The molecule has 4 rings (SSSR count). The van der Waals surface area contributed by atoms with Crippen LogP contribution in [0.4, 0.5) is 5.69 Å². The lowest BCUT2D eigenvalue weighted by Gasteiger charge is -2.07. The summed E-state index contributed by atoms with van der Waals surface area (Å²) in [6.07, 6.45) is 1.31. The number of furan rings is 1. The van der Waals surface area contributed by atoms with Crippen LogP contribution in [-0.4, -0.2) is 29.0 Å². The lowest BCUT2D eigenvalue weighted by molar-refractivity contribution is 0.0955. The maximum Gasteiger partial charge on any atom is 0.271 e. The van der Waals surface area contributed by atoms with E-state index in [1.54, 1.807) is 35.7 Å². The fraction of sp³-hybridized carbons (Fsp3) is 0. The molecule has 0 aliphatic heterocycles. The van der Waals surface area contributed by atoms with Crippen LogP contribution < -0.4 is 15.3 Å². The number of hydrogen-bond donors (Lipinski definition) is 3. The quantitative estimate of drug-likeness (QED) is 0.234. The highest BCUT2D eigenvalue weighted by atomic mass is 32.2. The van der Waals surface area contributed by atoms with Crippen LogP contribution >= 0.6 is 11.3 Å². The van der Waals surface area contributed by atoms with E-state index >= 15 is 0 Å². The summed E-state index contributed by atoms with van der Waals surface area (Å²) in [5, 5.41) is 10.6. The molecule has 4 N–H and O–H groups in total. The zero-order chi connectivity index (χ0) is 25.1. The average Bonchev–Trinajstić information content (AvgIpc) is 3.52. The number of rotatable bonds is 8. The van der Waals surface area contributed by atoms with Crippen LogP contribution in [0.5, 0.6) is 0 Å². The van der Waals surface area contributed by atoms with Gasteiger partial charge in [0, 0.05) is 16.8 Å². The smallest absolute Gasteiger partial charge is 0.271 e. The van der Waals surface area contributed by atoms with Gasteiger partial charge in [-0.25, -0.2) is 27.4 Å². The minimum atomic E-state index is -3.78. The van der Waals surface area contributed by atoms with Crippen molar-refractivity contribution in [1.29, 1.82) is 0 Å². The topological polar surface area (TPSA) is 161 Å². The van der Waals surface area contributed by atoms with Crippen LogP contribution in [0.2, 0.25) is 0 Å². The lowest BCUT2D eigenvalue weighted by Crippen LogP contribution is -2.17. The number of nitrogens with zero attached hydrogens (tertiary/aromatic N) is 1. The van der Waals surface area contributed by atoms with E-state index < -0.39 is 26.0 Å². The molecule has 4 aromatic rings. The maximum atomic E-state index is 12.3. The summed E-state index contributed by atoms with van der Waals surface area (Å²) < 4.78 is 55.5. The van der Waals surface area contributed by atoms with Crippen LogP contribution in [0.25, 0.3) is 11.3 Å². The minimum Gasteiger partial charge on any atom is -0.455 e. The van der Waals surface area contributed by atoms with Crippen molar-refractivity contribution < 1.29 is 26.0 Å². The van der Waals surface area contributed by atoms with E-state index in [-0.39, 0.29) is 14.7 Å². The zero-order valence-electron chi connectivity index (χ0n) is 17.8. The van der Waals surface area contributed by atoms with E-state index in [9.17, 15) is 21.6 Å². The molecule has 2 heterocycles. The van der Waals surface area contributed by atoms with E-state index in [4.69, 9.17) is 9.56 Å². The molecule has 0 unspecified atom stereocenters. The van der Waals surface area contributed by atoms with E-state index in [1.807, 2.05) is 0 Å². The number of nitrogens with one attached hydrogen (secondary N) is 2. The van der Waals surface area contributed by atoms with Crippen molar-refractivity contribution in [2.75, 3.05) is 4.72 Å². The van der Waals surface area contributed by atoms with Gasteiger partial charge in [0.1, 0.15) is 15.7 Å². The summed E-state index contributed by atoms with van der Waals surface area (Å²) in [4.78, 5) is 12.3. The molecule has 0 aliphatic rings. The van der Waals surface area contributed by atoms with Crippen molar-refractivity contribution in [3.63, 3.8) is 0 Å². The van der Waals surface area contributed by atoms with Gasteiger partial charge in [0.15, 0.2) is 0 Å². The Morgan fingerprint density at radius 1 is 0.943 bits per heavy atom. The molecule has 10 nitrogen and oxygen atoms in total. The molecule has 180 valence electrons. The second-order valence-corrected chi connectivity index (χ2v) is 11.5. The number of sulfonamides is 2. The number of hydrazone groups is 1. The first kappa shape index (κ1) is 24.3. The Hall–Kier alpha value is -3.78. The SMILES string of the molecule is NS(=O)(=O)c1ccc(-c2ccc(C=NNC(=O)c3ccc(NS(=O)(=O)c4cccs4)cc3)o2)cc1. The Labute approximate surface area is 205 Å². The van der Waals surface area contributed by atoms with Gasteiger partial charge in [0.2, 0.25) is 10.0 Å². The highest BCUT2D eigenvalue weighted by Crippen LogP contribution is 2.23. The van der Waals surface area contributed by atoms with Crippen molar-refractivity contribution >= 4 is 49.2 Å². The Balaban J connectivity index is 1.35. The van der Waals surface area contributed by atoms with Crippen LogP contribution in [0.3, 0.4) is 0 Å². The third-order valence-corrected chi connectivity index (χ3v) is 8.32. The number of hydrogen-bond acceptors (Lipinski definition) is 8. The molecule has 0 atom stereocenters. The second kappa shape index (κ2) is 9.84. The molecule has 0 fully saturated rings. The molecule has 0 aliphatic carbocycles. The monoisotopic (exact) mass is 530 g/mol. The van der Waals surface area contributed by atoms with Gasteiger partial charge >= 0.3 is 0 Å². The van der Waals surface area contributed by atoms with Crippen molar-refractivity contribution in [1.82, 2.24) is 5.43 Å². The molecule has 0 saturated heterocycles. The number of amides is 1. The zero-order valence-corrected chi connectivity index (χ0v) is 20.2. The summed E-state index contributed by atoms with van der Waals surface area (Å²) in [5.74, 6) is 0.327. The molecule has 13 heteroatoms. The number of carbonyl (C=O) groups excluding carboxylic acids is 1. The Bertz CT molecular complexity index is 1570. The normalized spacial score (nSPS) is 12.0. The lowest BCUT2D eigenvalue weighted by atomic mass is 10.2. The fourth-order valence-electron chi connectivity index (χ4n) is 2.92. The number of benzene rings is 2. The molecule has 0 radical (unpaired) electrons. The number of carbonyl (C=O) groups is 1. The largest absolute Gasteiger partial charge is 0.455 e. The molecular formula is C22H18N4O6S3. The fourth-order valence-corrected chi connectivity index (χ4v) is 5.48. The summed E-state index contributed by atoms with van der Waals surface area (Å²) in [5.41, 5.74) is 3.59. The molecule has 35 heavy (non-hydrogen) atoms. The van der Waals surface area contributed by atoms with E-state index in [0.29, 0.717) is 22.8 Å². The summed E-state index contributed by atoms with van der Waals surface area (Å²) in [7, 11) is -7.45. The van der Waals surface area contributed by atoms with Gasteiger partial charge in [-0.3, -0.25) is 9.52 Å². The summed E-state index contributed by atoms with van der Waals surface area (Å²) in [6.45, 7) is 0. The van der Waals surface area contributed by atoms with Gasteiger partial charge in [-0.15, -0.1) is 11.3 Å². The van der Waals surface area contributed by atoms with Crippen molar-refractivity contribution in [3.8, 4) is 11.3 Å². The Morgan fingerprint density at radius 2 is 1.66 bits per heavy atom. The van der Waals surface area contributed by atoms with Crippen LogP contribution in [0.1, 0.15) is 16.1 Å². The van der Waals surface area contributed by atoms with Gasteiger partial charge < -0.3 is 4.42 Å². The van der Waals surface area contributed by atoms with Gasteiger partial charge in [-0.2, -0.15) is 5.10 Å². The third-order valence-electron chi connectivity index (χ3n) is 4.61. The number of thiophene rings is 1. The predicted octanol–water partition coefficient (Wildman–Crippen LogP) is 3.22. The predicted molar refractivity (Wildman–Crippen MR) is 132 cm³/mol. The molecule has 1 amide bonds. The number of primary sulfonamides is 1. The van der Waals surface area contributed by atoms with Gasteiger partial charge in [0.05, 0.1) is 11.1 Å². The van der Waals surface area contributed by atoms with Crippen molar-refractivity contribution in [3.05, 3.63) is 89.5 Å². The van der Waals surface area contributed by atoms with E-state index in [2.05, 4.69) is 15.2 Å². The molecule has 2 aromatic heterocycles. The molecule has 2 aromatic carbocycles. The molecular weight excluding hydrogens is 512 g/mol. The molecule has 0 bridgehead atoms.